The normalized spacial score (nSPS) is 10.3. The van der Waals surface area contributed by atoms with Crippen LogP contribution in [0.5, 0.6) is 0 Å². The van der Waals surface area contributed by atoms with Crippen molar-refractivity contribution in [2.75, 3.05) is 11.9 Å². The summed E-state index contributed by atoms with van der Waals surface area (Å²) in [7, 11) is 0. The molecule has 0 aromatic carbocycles. The smallest absolute Gasteiger partial charge is 0.137 e. The SMILES string of the molecule is CCCNc1nc(CC)nc(Cl)c1C. The highest BCUT2D eigenvalue weighted by atomic mass is 35.5. The molecule has 0 saturated heterocycles. The van der Waals surface area contributed by atoms with Crippen LogP contribution in [0.25, 0.3) is 0 Å². The number of hydrogen-bond donors (Lipinski definition) is 1. The number of nitrogens with zero attached hydrogens (tertiary/aromatic N) is 2. The Bertz CT molecular complexity index is 312. The second-order valence-electron chi connectivity index (χ2n) is 3.18. The predicted molar refractivity (Wildman–Crippen MR) is 59.9 cm³/mol. The molecule has 0 unspecified atom stereocenters. The molecule has 1 aromatic rings. The van der Waals surface area contributed by atoms with Gasteiger partial charge in [0.05, 0.1) is 0 Å². The maximum absolute atomic E-state index is 5.99. The van der Waals surface area contributed by atoms with Gasteiger partial charge >= 0.3 is 0 Å². The lowest BCUT2D eigenvalue weighted by molar-refractivity contribution is 0.908. The van der Waals surface area contributed by atoms with Crippen LogP contribution in [0.2, 0.25) is 5.15 Å². The van der Waals surface area contributed by atoms with Gasteiger partial charge in [-0.1, -0.05) is 25.4 Å². The molecular formula is C10H16ClN3. The van der Waals surface area contributed by atoms with Gasteiger partial charge in [0.25, 0.3) is 0 Å². The van der Waals surface area contributed by atoms with Crippen LogP contribution in [0, 0.1) is 6.92 Å². The van der Waals surface area contributed by atoms with E-state index in [9.17, 15) is 0 Å². The second kappa shape index (κ2) is 5.15. The van der Waals surface area contributed by atoms with E-state index in [1.165, 1.54) is 0 Å². The Morgan fingerprint density at radius 2 is 2.00 bits per heavy atom. The number of halogens is 1. The number of hydrogen-bond acceptors (Lipinski definition) is 3. The first-order valence-electron chi connectivity index (χ1n) is 4.95. The second-order valence-corrected chi connectivity index (χ2v) is 3.54. The largest absolute Gasteiger partial charge is 0.370 e. The van der Waals surface area contributed by atoms with Crippen LogP contribution in [-0.2, 0) is 6.42 Å². The molecule has 0 fully saturated rings. The maximum Gasteiger partial charge on any atom is 0.137 e. The zero-order chi connectivity index (χ0) is 10.6. The first-order chi connectivity index (χ1) is 6.69. The van der Waals surface area contributed by atoms with Gasteiger partial charge in [-0.25, -0.2) is 9.97 Å². The minimum Gasteiger partial charge on any atom is -0.370 e. The third-order valence-corrected chi connectivity index (χ3v) is 2.36. The summed E-state index contributed by atoms with van der Waals surface area (Å²) in [6, 6.07) is 0. The minimum atomic E-state index is 0.551. The fourth-order valence-corrected chi connectivity index (χ4v) is 1.29. The van der Waals surface area contributed by atoms with E-state index in [4.69, 9.17) is 11.6 Å². The summed E-state index contributed by atoms with van der Waals surface area (Å²) in [4.78, 5) is 8.56. The minimum absolute atomic E-state index is 0.551. The molecular weight excluding hydrogens is 198 g/mol. The van der Waals surface area contributed by atoms with Crippen molar-refractivity contribution in [3.8, 4) is 0 Å². The lowest BCUT2D eigenvalue weighted by atomic mass is 10.3. The summed E-state index contributed by atoms with van der Waals surface area (Å²) in [6.45, 7) is 6.98. The summed E-state index contributed by atoms with van der Waals surface area (Å²) in [5.41, 5.74) is 0.928. The van der Waals surface area contributed by atoms with Crippen LogP contribution < -0.4 is 5.32 Å². The molecule has 4 heteroatoms. The van der Waals surface area contributed by atoms with Gasteiger partial charge < -0.3 is 5.32 Å². The summed E-state index contributed by atoms with van der Waals surface area (Å²) in [6.07, 6.45) is 1.88. The van der Waals surface area contributed by atoms with Crippen LogP contribution in [0.3, 0.4) is 0 Å². The lowest BCUT2D eigenvalue weighted by Gasteiger charge is -2.09. The number of aryl methyl sites for hydroxylation is 1. The van der Waals surface area contributed by atoms with Crippen molar-refractivity contribution in [3.63, 3.8) is 0 Å². The monoisotopic (exact) mass is 213 g/mol. The van der Waals surface area contributed by atoms with Crippen molar-refractivity contribution in [3.05, 3.63) is 16.5 Å². The van der Waals surface area contributed by atoms with E-state index in [1.807, 2.05) is 13.8 Å². The predicted octanol–water partition coefficient (Wildman–Crippen LogP) is 2.82. The van der Waals surface area contributed by atoms with E-state index in [0.717, 1.165) is 36.6 Å². The Hall–Kier alpha value is -0.830. The Morgan fingerprint density at radius 3 is 2.57 bits per heavy atom. The number of aromatic nitrogens is 2. The zero-order valence-electron chi connectivity index (χ0n) is 8.89. The van der Waals surface area contributed by atoms with Crippen LogP contribution in [0.15, 0.2) is 0 Å². The van der Waals surface area contributed by atoms with E-state index >= 15 is 0 Å². The van der Waals surface area contributed by atoms with Crippen molar-refractivity contribution in [1.29, 1.82) is 0 Å². The Labute approximate surface area is 89.9 Å². The van der Waals surface area contributed by atoms with Crippen molar-refractivity contribution >= 4 is 17.4 Å². The molecule has 78 valence electrons. The van der Waals surface area contributed by atoms with Gasteiger partial charge in [-0.15, -0.1) is 0 Å². The van der Waals surface area contributed by atoms with Crippen LogP contribution in [-0.4, -0.2) is 16.5 Å². The first-order valence-corrected chi connectivity index (χ1v) is 5.33. The molecule has 1 heterocycles. The van der Waals surface area contributed by atoms with Crippen molar-refractivity contribution < 1.29 is 0 Å². The molecule has 0 bridgehead atoms. The molecule has 0 atom stereocenters. The van der Waals surface area contributed by atoms with Crippen molar-refractivity contribution in [1.82, 2.24) is 9.97 Å². The molecule has 0 radical (unpaired) electrons. The lowest BCUT2D eigenvalue weighted by Crippen LogP contribution is -2.07. The quantitative estimate of drug-likeness (QED) is 0.782. The van der Waals surface area contributed by atoms with Gasteiger partial charge in [0.2, 0.25) is 0 Å². The van der Waals surface area contributed by atoms with Crippen LogP contribution >= 0.6 is 11.6 Å². The van der Waals surface area contributed by atoms with E-state index in [-0.39, 0.29) is 0 Å². The summed E-state index contributed by atoms with van der Waals surface area (Å²) in [5.74, 6) is 1.66. The number of anilines is 1. The van der Waals surface area contributed by atoms with Gasteiger partial charge in [0.1, 0.15) is 16.8 Å². The molecule has 0 amide bonds. The summed E-state index contributed by atoms with van der Waals surface area (Å²) < 4.78 is 0. The average molecular weight is 214 g/mol. The van der Waals surface area contributed by atoms with Crippen LogP contribution in [0.1, 0.15) is 31.7 Å². The van der Waals surface area contributed by atoms with E-state index in [2.05, 4.69) is 22.2 Å². The highest BCUT2D eigenvalue weighted by molar-refractivity contribution is 6.30. The van der Waals surface area contributed by atoms with Crippen LogP contribution in [0.4, 0.5) is 5.82 Å². The standard InChI is InChI=1S/C10H16ClN3/c1-4-6-12-10-7(3)9(11)13-8(5-2)14-10/h4-6H2,1-3H3,(H,12,13,14). The van der Waals surface area contributed by atoms with Gasteiger partial charge in [0.15, 0.2) is 0 Å². The molecule has 3 nitrogen and oxygen atoms in total. The molecule has 0 aliphatic rings. The maximum atomic E-state index is 5.99. The number of rotatable bonds is 4. The van der Waals surface area contributed by atoms with Gasteiger partial charge in [-0.05, 0) is 13.3 Å². The zero-order valence-corrected chi connectivity index (χ0v) is 9.65. The molecule has 0 saturated carbocycles. The molecule has 1 aromatic heterocycles. The fraction of sp³-hybridized carbons (Fsp3) is 0.600. The molecule has 0 aliphatic heterocycles. The molecule has 0 spiro atoms. The third-order valence-electron chi connectivity index (χ3n) is 1.99. The molecule has 14 heavy (non-hydrogen) atoms. The molecule has 1 N–H and O–H groups in total. The fourth-order valence-electron chi connectivity index (χ4n) is 1.11. The Kier molecular flexibility index (Phi) is 4.14. The van der Waals surface area contributed by atoms with Crippen molar-refractivity contribution in [2.24, 2.45) is 0 Å². The summed E-state index contributed by atoms with van der Waals surface area (Å²) in [5, 5.41) is 3.79. The molecule has 1 rings (SSSR count). The topological polar surface area (TPSA) is 37.8 Å². The molecule has 0 aliphatic carbocycles. The highest BCUT2D eigenvalue weighted by Crippen LogP contribution is 2.19. The Balaban J connectivity index is 2.95. The van der Waals surface area contributed by atoms with Gasteiger partial charge in [-0.2, -0.15) is 0 Å². The number of nitrogens with one attached hydrogen (secondary N) is 1. The van der Waals surface area contributed by atoms with Gasteiger partial charge in [0, 0.05) is 18.5 Å². The van der Waals surface area contributed by atoms with Gasteiger partial charge in [-0.3, -0.25) is 0 Å². The summed E-state index contributed by atoms with van der Waals surface area (Å²) >= 11 is 5.99. The Morgan fingerprint density at radius 1 is 1.29 bits per heavy atom. The highest BCUT2D eigenvalue weighted by Gasteiger charge is 2.07. The van der Waals surface area contributed by atoms with Crippen molar-refractivity contribution in [2.45, 2.75) is 33.6 Å². The van der Waals surface area contributed by atoms with E-state index < -0.39 is 0 Å². The van der Waals surface area contributed by atoms with E-state index in [0.29, 0.717) is 5.15 Å². The average Bonchev–Trinajstić information content (AvgIpc) is 2.20. The third kappa shape index (κ3) is 2.58. The van der Waals surface area contributed by atoms with E-state index in [1.54, 1.807) is 0 Å². The first kappa shape index (κ1) is 11.2.